The van der Waals surface area contributed by atoms with E-state index in [0.29, 0.717) is 6.61 Å². The predicted octanol–water partition coefficient (Wildman–Crippen LogP) is 2.54. The Morgan fingerprint density at radius 3 is 2.95 bits per heavy atom. The van der Waals surface area contributed by atoms with Crippen molar-refractivity contribution in [2.75, 3.05) is 44.1 Å². The zero-order valence-electron chi connectivity index (χ0n) is 12.1. The summed E-state index contributed by atoms with van der Waals surface area (Å²) in [5.74, 6) is 3.95. The molecular formula is C13H21BrN4OS. The second-order valence-corrected chi connectivity index (χ2v) is 6.67. The lowest BCUT2D eigenvalue weighted by Crippen LogP contribution is -2.34. The number of hydrogen-bond acceptors (Lipinski definition) is 6. The van der Waals surface area contributed by atoms with Crippen LogP contribution >= 0.6 is 27.7 Å². The van der Waals surface area contributed by atoms with Gasteiger partial charge in [-0.05, 0) is 29.9 Å². The van der Waals surface area contributed by atoms with E-state index in [2.05, 4.69) is 40.1 Å². The minimum absolute atomic E-state index is 0.273. The van der Waals surface area contributed by atoms with Gasteiger partial charge in [0.1, 0.15) is 11.6 Å². The lowest BCUT2D eigenvalue weighted by molar-refractivity contribution is 0.179. The first-order valence-electron chi connectivity index (χ1n) is 6.74. The van der Waals surface area contributed by atoms with Crippen molar-refractivity contribution in [3.8, 4) is 0 Å². The SMILES string of the molecule is CCNc1nc(C2CSCCN2C)nc(COC)c1Br. The van der Waals surface area contributed by atoms with Crippen molar-refractivity contribution in [1.29, 1.82) is 0 Å². The highest BCUT2D eigenvalue weighted by molar-refractivity contribution is 9.10. The Morgan fingerprint density at radius 2 is 2.30 bits per heavy atom. The number of rotatable bonds is 5. The van der Waals surface area contributed by atoms with Crippen LogP contribution in [0.15, 0.2) is 4.47 Å². The number of ether oxygens (including phenoxy) is 1. The smallest absolute Gasteiger partial charge is 0.149 e. The van der Waals surface area contributed by atoms with Crippen LogP contribution in [0.3, 0.4) is 0 Å². The highest BCUT2D eigenvalue weighted by atomic mass is 79.9. The Bertz CT molecular complexity index is 433. The van der Waals surface area contributed by atoms with Crippen LogP contribution in [0.5, 0.6) is 0 Å². The van der Waals surface area contributed by atoms with Crippen molar-refractivity contribution in [1.82, 2.24) is 14.9 Å². The van der Waals surface area contributed by atoms with E-state index in [1.54, 1.807) is 7.11 Å². The third-order valence-electron chi connectivity index (χ3n) is 3.26. The van der Waals surface area contributed by atoms with Crippen molar-refractivity contribution in [3.05, 3.63) is 16.0 Å². The molecule has 1 unspecified atom stereocenters. The molecule has 0 amide bonds. The molecule has 0 bridgehead atoms. The lowest BCUT2D eigenvalue weighted by atomic mass is 10.2. The second kappa shape index (κ2) is 7.59. The van der Waals surface area contributed by atoms with Gasteiger partial charge in [-0.15, -0.1) is 0 Å². The summed E-state index contributed by atoms with van der Waals surface area (Å²) in [6.45, 7) is 4.45. The van der Waals surface area contributed by atoms with Crippen LogP contribution in [0.25, 0.3) is 0 Å². The van der Waals surface area contributed by atoms with Crippen molar-refractivity contribution in [3.63, 3.8) is 0 Å². The standard InChI is InChI=1S/C13H21BrN4OS/c1-4-15-13-11(14)9(7-19-3)16-12(17-13)10-8-20-6-5-18(10)2/h10H,4-8H2,1-3H3,(H,15,16,17). The zero-order chi connectivity index (χ0) is 14.5. The zero-order valence-corrected chi connectivity index (χ0v) is 14.6. The molecule has 112 valence electrons. The first-order valence-corrected chi connectivity index (χ1v) is 8.69. The molecule has 1 aromatic rings. The van der Waals surface area contributed by atoms with Crippen molar-refractivity contribution >= 4 is 33.5 Å². The molecule has 1 N–H and O–H groups in total. The molecule has 1 aliphatic rings. The van der Waals surface area contributed by atoms with Crippen molar-refractivity contribution < 1.29 is 4.74 Å². The Kier molecular flexibility index (Phi) is 6.07. The van der Waals surface area contributed by atoms with Gasteiger partial charge in [0, 0.05) is 31.7 Å². The van der Waals surface area contributed by atoms with Crippen LogP contribution in [-0.4, -0.2) is 53.6 Å². The number of nitrogens with zero attached hydrogens (tertiary/aromatic N) is 3. The third kappa shape index (κ3) is 3.63. The predicted molar refractivity (Wildman–Crippen MR) is 87.3 cm³/mol. The summed E-state index contributed by atoms with van der Waals surface area (Å²) in [6.07, 6.45) is 0. The summed E-state index contributed by atoms with van der Waals surface area (Å²) in [4.78, 5) is 11.7. The molecule has 1 aliphatic heterocycles. The van der Waals surface area contributed by atoms with E-state index in [9.17, 15) is 0 Å². The molecule has 0 aromatic carbocycles. The monoisotopic (exact) mass is 360 g/mol. The van der Waals surface area contributed by atoms with Gasteiger partial charge in [-0.25, -0.2) is 9.97 Å². The minimum atomic E-state index is 0.273. The number of anilines is 1. The second-order valence-electron chi connectivity index (χ2n) is 4.73. The molecule has 2 heterocycles. The fraction of sp³-hybridized carbons (Fsp3) is 0.692. The van der Waals surface area contributed by atoms with Gasteiger partial charge in [0.15, 0.2) is 0 Å². The molecule has 0 aliphatic carbocycles. The summed E-state index contributed by atoms with van der Waals surface area (Å²) >= 11 is 5.53. The average Bonchev–Trinajstić information content (AvgIpc) is 2.44. The van der Waals surface area contributed by atoms with Gasteiger partial charge in [-0.2, -0.15) is 11.8 Å². The fourth-order valence-electron chi connectivity index (χ4n) is 2.14. The molecule has 0 spiro atoms. The molecule has 7 heteroatoms. The van der Waals surface area contributed by atoms with Gasteiger partial charge in [0.2, 0.25) is 0 Å². The van der Waals surface area contributed by atoms with E-state index in [0.717, 1.165) is 40.7 Å². The van der Waals surface area contributed by atoms with Crippen LogP contribution < -0.4 is 5.32 Å². The Morgan fingerprint density at radius 1 is 1.50 bits per heavy atom. The highest BCUT2D eigenvalue weighted by Gasteiger charge is 2.25. The van der Waals surface area contributed by atoms with E-state index in [4.69, 9.17) is 14.7 Å². The summed E-state index contributed by atoms with van der Waals surface area (Å²) in [5, 5.41) is 3.29. The van der Waals surface area contributed by atoms with Crippen LogP contribution in [-0.2, 0) is 11.3 Å². The average molecular weight is 361 g/mol. The van der Waals surface area contributed by atoms with Crippen LogP contribution in [0.1, 0.15) is 24.5 Å². The van der Waals surface area contributed by atoms with E-state index < -0.39 is 0 Å². The summed E-state index contributed by atoms with van der Waals surface area (Å²) in [7, 11) is 3.82. The van der Waals surface area contributed by atoms with Gasteiger partial charge in [0.25, 0.3) is 0 Å². The largest absolute Gasteiger partial charge is 0.378 e. The van der Waals surface area contributed by atoms with Crippen LogP contribution in [0, 0.1) is 0 Å². The summed E-state index contributed by atoms with van der Waals surface area (Å²) < 4.78 is 6.14. The summed E-state index contributed by atoms with van der Waals surface area (Å²) in [5.41, 5.74) is 0.900. The third-order valence-corrected chi connectivity index (χ3v) is 5.11. The number of aromatic nitrogens is 2. The van der Waals surface area contributed by atoms with E-state index in [-0.39, 0.29) is 6.04 Å². The highest BCUT2D eigenvalue weighted by Crippen LogP contribution is 2.30. The van der Waals surface area contributed by atoms with Gasteiger partial charge < -0.3 is 10.1 Å². The van der Waals surface area contributed by atoms with Gasteiger partial charge >= 0.3 is 0 Å². The fourth-order valence-corrected chi connectivity index (χ4v) is 3.78. The minimum Gasteiger partial charge on any atom is -0.378 e. The Hall–Kier alpha value is -0.370. The Labute approximate surface area is 133 Å². The maximum atomic E-state index is 5.24. The van der Waals surface area contributed by atoms with E-state index >= 15 is 0 Å². The maximum Gasteiger partial charge on any atom is 0.149 e. The molecular weight excluding hydrogens is 340 g/mol. The Balaban J connectivity index is 2.36. The molecule has 0 saturated carbocycles. The lowest BCUT2D eigenvalue weighted by Gasteiger charge is -2.31. The van der Waals surface area contributed by atoms with Gasteiger partial charge in [-0.3, -0.25) is 4.90 Å². The van der Waals surface area contributed by atoms with E-state index in [1.807, 2.05) is 11.8 Å². The number of nitrogens with one attached hydrogen (secondary N) is 1. The van der Waals surface area contributed by atoms with Crippen molar-refractivity contribution in [2.24, 2.45) is 0 Å². The first-order chi connectivity index (χ1) is 9.67. The quantitative estimate of drug-likeness (QED) is 0.870. The first kappa shape index (κ1) is 16.0. The molecule has 1 atom stereocenters. The molecule has 20 heavy (non-hydrogen) atoms. The number of methoxy groups -OCH3 is 1. The molecule has 2 rings (SSSR count). The molecule has 1 aromatic heterocycles. The van der Waals surface area contributed by atoms with Gasteiger partial charge in [-0.1, -0.05) is 0 Å². The molecule has 1 saturated heterocycles. The summed E-state index contributed by atoms with van der Waals surface area (Å²) in [6, 6.07) is 0.273. The number of halogens is 1. The van der Waals surface area contributed by atoms with Gasteiger partial charge in [0.05, 0.1) is 22.8 Å². The number of thioether (sulfide) groups is 1. The molecule has 1 fully saturated rings. The maximum absolute atomic E-state index is 5.24. The number of hydrogen-bond donors (Lipinski definition) is 1. The van der Waals surface area contributed by atoms with E-state index in [1.165, 1.54) is 5.75 Å². The molecule has 5 nitrogen and oxygen atoms in total. The topological polar surface area (TPSA) is 50.3 Å². The molecule has 0 radical (unpaired) electrons. The van der Waals surface area contributed by atoms with Crippen molar-refractivity contribution in [2.45, 2.75) is 19.6 Å². The normalized spacial score (nSPS) is 20.1. The van der Waals surface area contributed by atoms with Crippen LogP contribution in [0.2, 0.25) is 0 Å². The van der Waals surface area contributed by atoms with Crippen LogP contribution in [0.4, 0.5) is 5.82 Å².